The zero-order chi connectivity index (χ0) is 13.4. The van der Waals surface area contributed by atoms with Crippen molar-refractivity contribution in [3.8, 4) is 0 Å². The molecule has 0 atom stereocenters. The van der Waals surface area contributed by atoms with Gasteiger partial charge >= 0.3 is 0 Å². The molecule has 7 heteroatoms. The third-order valence-electron chi connectivity index (χ3n) is 2.14. The number of nitrogens with one attached hydrogen (secondary N) is 2. The second-order valence-electron chi connectivity index (χ2n) is 3.87. The predicted molar refractivity (Wildman–Crippen MR) is 82.4 cm³/mol. The molecule has 0 aromatic rings. The lowest BCUT2D eigenvalue weighted by molar-refractivity contribution is -0.117. The number of rotatable bonds is 5. The summed E-state index contributed by atoms with van der Waals surface area (Å²) in [4.78, 5) is 22.8. The predicted octanol–water partition coefficient (Wildman–Crippen LogP) is 1.93. The summed E-state index contributed by atoms with van der Waals surface area (Å²) in [5, 5.41) is 6.79. The van der Waals surface area contributed by atoms with Gasteiger partial charge in [0.05, 0.1) is 0 Å². The minimum Gasteiger partial charge on any atom is -0.352 e. The first-order chi connectivity index (χ1) is 8.59. The Kier molecular flexibility index (Phi) is 7.69. The molecule has 0 unspecified atom stereocenters. The number of hydrogen-bond acceptors (Lipinski definition) is 5. The Labute approximate surface area is 120 Å². The van der Waals surface area contributed by atoms with Gasteiger partial charge in [-0.15, -0.1) is 23.5 Å². The Morgan fingerprint density at radius 2 is 2.06 bits per heavy atom. The highest BCUT2D eigenvalue weighted by Crippen LogP contribution is 2.21. The smallest absolute Gasteiger partial charge is 0.279 e. The molecule has 1 aliphatic heterocycles. The molecular weight excluding hydrogens is 288 g/mol. The zero-order valence-electron chi connectivity index (χ0n) is 10.4. The molecule has 102 valence electrons. The van der Waals surface area contributed by atoms with Gasteiger partial charge in [0, 0.05) is 40.5 Å². The molecule has 4 nitrogen and oxygen atoms in total. The van der Waals surface area contributed by atoms with E-state index in [1.165, 1.54) is 11.8 Å². The molecule has 0 radical (unpaired) electrons. The summed E-state index contributed by atoms with van der Waals surface area (Å²) < 4.78 is 0. The molecule has 1 fully saturated rings. The Balaban J connectivity index is 2.06. The zero-order valence-corrected chi connectivity index (χ0v) is 12.8. The quantitative estimate of drug-likeness (QED) is 0.600. The average molecular weight is 306 g/mol. The van der Waals surface area contributed by atoms with Crippen LogP contribution in [0.15, 0.2) is 12.2 Å². The fourth-order valence-electron chi connectivity index (χ4n) is 1.24. The number of hydrogen-bond donors (Lipinski definition) is 2. The molecule has 2 amide bonds. The second-order valence-corrected chi connectivity index (χ2v) is 7.37. The van der Waals surface area contributed by atoms with Crippen molar-refractivity contribution in [2.45, 2.75) is 13.0 Å². The second kappa shape index (κ2) is 8.77. The van der Waals surface area contributed by atoms with Crippen molar-refractivity contribution in [1.82, 2.24) is 10.6 Å². The minimum atomic E-state index is -0.156. The molecule has 0 aromatic heterocycles. The molecule has 18 heavy (non-hydrogen) atoms. The topological polar surface area (TPSA) is 58.2 Å². The van der Waals surface area contributed by atoms with E-state index in [0.717, 1.165) is 16.6 Å². The third kappa shape index (κ3) is 6.61. The SMILES string of the molecule is C=C(C)C(=O)NCCSC(=O)NC1CSCSC1. The Morgan fingerprint density at radius 3 is 2.67 bits per heavy atom. The van der Waals surface area contributed by atoms with Crippen molar-refractivity contribution in [3.63, 3.8) is 0 Å². The van der Waals surface area contributed by atoms with Crippen molar-refractivity contribution in [3.05, 3.63) is 12.2 Å². The minimum absolute atomic E-state index is 0.00678. The highest BCUT2D eigenvalue weighted by molar-refractivity contribution is 8.16. The number of carbonyl (C=O) groups is 2. The van der Waals surface area contributed by atoms with Crippen LogP contribution in [0.2, 0.25) is 0 Å². The van der Waals surface area contributed by atoms with Crippen LogP contribution in [-0.2, 0) is 4.79 Å². The number of carbonyl (C=O) groups excluding carboxylic acids is 2. The summed E-state index contributed by atoms with van der Waals surface area (Å²) in [6.07, 6.45) is 0. The molecule has 1 rings (SSSR count). The molecule has 1 heterocycles. The van der Waals surface area contributed by atoms with E-state index >= 15 is 0 Å². The van der Waals surface area contributed by atoms with E-state index in [1.54, 1.807) is 6.92 Å². The van der Waals surface area contributed by atoms with Crippen LogP contribution in [0, 0.1) is 0 Å². The van der Waals surface area contributed by atoms with E-state index < -0.39 is 0 Å². The average Bonchev–Trinajstić information content (AvgIpc) is 2.35. The van der Waals surface area contributed by atoms with Gasteiger partial charge in [-0.1, -0.05) is 18.3 Å². The summed E-state index contributed by atoms with van der Waals surface area (Å²) in [5.74, 6) is 2.41. The highest BCUT2D eigenvalue weighted by Gasteiger charge is 2.16. The first kappa shape index (κ1) is 15.8. The van der Waals surface area contributed by atoms with Crippen molar-refractivity contribution in [2.75, 3.05) is 28.9 Å². The Hall–Kier alpha value is -0.270. The standard InChI is InChI=1S/C11H18N2O2S3/c1-8(2)10(14)12-3-4-18-11(15)13-9-5-16-7-17-6-9/h9H,1,3-7H2,2H3,(H,12,14)(H,13,15). The first-order valence-corrected chi connectivity index (χ1v) is 8.91. The van der Waals surface area contributed by atoms with Crippen molar-refractivity contribution in [2.24, 2.45) is 0 Å². The lowest BCUT2D eigenvalue weighted by Gasteiger charge is -2.21. The van der Waals surface area contributed by atoms with Gasteiger partial charge < -0.3 is 10.6 Å². The largest absolute Gasteiger partial charge is 0.352 e. The highest BCUT2D eigenvalue weighted by atomic mass is 32.2. The van der Waals surface area contributed by atoms with Gasteiger partial charge in [-0.2, -0.15) is 0 Å². The molecule has 0 aromatic carbocycles. The summed E-state index contributed by atoms with van der Waals surface area (Å²) >= 11 is 4.92. The molecule has 1 aliphatic rings. The molecule has 0 spiro atoms. The van der Waals surface area contributed by atoms with Gasteiger partial charge in [0.1, 0.15) is 0 Å². The van der Waals surface area contributed by atoms with Crippen LogP contribution in [-0.4, -0.2) is 46.1 Å². The van der Waals surface area contributed by atoms with E-state index in [2.05, 4.69) is 17.2 Å². The van der Waals surface area contributed by atoms with Crippen LogP contribution in [0.5, 0.6) is 0 Å². The summed E-state index contributed by atoms with van der Waals surface area (Å²) in [6.45, 7) is 5.69. The van der Waals surface area contributed by atoms with Crippen LogP contribution in [0.4, 0.5) is 4.79 Å². The monoisotopic (exact) mass is 306 g/mol. The van der Waals surface area contributed by atoms with Crippen LogP contribution in [0.3, 0.4) is 0 Å². The van der Waals surface area contributed by atoms with Crippen LogP contribution in [0.25, 0.3) is 0 Å². The first-order valence-electron chi connectivity index (χ1n) is 5.62. The van der Waals surface area contributed by atoms with Gasteiger partial charge in [-0.3, -0.25) is 9.59 Å². The van der Waals surface area contributed by atoms with Crippen molar-refractivity contribution < 1.29 is 9.59 Å². The van der Waals surface area contributed by atoms with E-state index in [1.807, 2.05) is 23.5 Å². The molecule has 1 saturated heterocycles. The maximum Gasteiger partial charge on any atom is 0.279 e. The van der Waals surface area contributed by atoms with Crippen molar-refractivity contribution in [1.29, 1.82) is 0 Å². The maximum absolute atomic E-state index is 11.6. The van der Waals surface area contributed by atoms with Crippen LogP contribution >= 0.6 is 35.3 Å². The van der Waals surface area contributed by atoms with Gasteiger partial charge in [0.25, 0.3) is 5.24 Å². The fourth-order valence-corrected chi connectivity index (χ4v) is 4.24. The maximum atomic E-state index is 11.6. The van der Waals surface area contributed by atoms with Gasteiger partial charge in [0.15, 0.2) is 0 Å². The molecule has 0 saturated carbocycles. The van der Waals surface area contributed by atoms with E-state index in [9.17, 15) is 9.59 Å². The Bertz CT molecular complexity index is 317. The van der Waals surface area contributed by atoms with E-state index in [0.29, 0.717) is 17.9 Å². The normalized spacial score (nSPS) is 16.1. The fraction of sp³-hybridized carbons (Fsp3) is 0.636. The molecule has 2 N–H and O–H groups in total. The number of amides is 2. The third-order valence-corrected chi connectivity index (χ3v) is 5.53. The lowest BCUT2D eigenvalue weighted by Crippen LogP contribution is -2.38. The Morgan fingerprint density at radius 1 is 1.39 bits per heavy atom. The van der Waals surface area contributed by atoms with Crippen molar-refractivity contribution >= 4 is 46.4 Å². The van der Waals surface area contributed by atoms with Gasteiger partial charge in [-0.25, -0.2) is 0 Å². The summed E-state index contributed by atoms with van der Waals surface area (Å²) in [5.41, 5.74) is 0.487. The van der Waals surface area contributed by atoms with Crippen LogP contribution < -0.4 is 10.6 Å². The van der Waals surface area contributed by atoms with E-state index in [-0.39, 0.29) is 17.2 Å². The summed E-state index contributed by atoms with van der Waals surface area (Å²) in [7, 11) is 0. The number of thioether (sulfide) groups is 3. The van der Waals surface area contributed by atoms with E-state index in [4.69, 9.17) is 0 Å². The lowest BCUT2D eigenvalue weighted by atomic mass is 10.3. The van der Waals surface area contributed by atoms with Gasteiger partial charge in [-0.05, 0) is 6.92 Å². The van der Waals surface area contributed by atoms with Crippen LogP contribution in [0.1, 0.15) is 6.92 Å². The van der Waals surface area contributed by atoms with Gasteiger partial charge in [0.2, 0.25) is 5.91 Å². The molecular formula is C11H18N2O2S3. The molecule has 0 aliphatic carbocycles. The summed E-state index contributed by atoms with van der Waals surface area (Å²) in [6, 6.07) is 0.277. The molecule has 0 bridgehead atoms.